The van der Waals surface area contributed by atoms with Crippen LogP contribution in [0.2, 0.25) is 0 Å². The average Bonchev–Trinajstić information content (AvgIpc) is 2.60. The minimum Gasteiger partial charge on any atom is -0.354 e. The predicted molar refractivity (Wildman–Crippen MR) is 86.5 cm³/mol. The molecule has 0 bridgehead atoms. The molecular weight excluding hydrogens is 292 g/mol. The van der Waals surface area contributed by atoms with Gasteiger partial charge in [0.1, 0.15) is 0 Å². The van der Waals surface area contributed by atoms with Gasteiger partial charge in [0.05, 0.1) is 11.6 Å². The van der Waals surface area contributed by atoms with Crippen LogP contribution in [0.4, 0.5) is 0 Å². The third-order valence-electron chi connectivity index (χ3n) is 4.06. The number of nitriles is 1. The van der Waals surface area contributed by atoms with E-state index in [9.17, 15) is 9.59 Å². The molecule has 23 heavy (non-hydrogen) atoms. The minimum atomic E-state index is -0.0798. The molecule has 122 valence electrons. The fourth-order valence-electron chi connectivity index (χ4n) is 2.78. The SMILES string of the molecule is N#Cc1ccc(C(=O)N2CCCCC2CNC(=O)CCN)cc1. The number of carbonyl (C=O) groups excluding carboxylic acids is 2. The lowest BCUT2D eigenvalue weighted by Gasteiger charge is -2.36. The molecule has 1 saturated heterocycles. The molecule has 1 aliphatic heterocycles. The predicted octanol–water partition coefficient (Wildman–Crippen LogP) is 1.02. The molecule has 2 amide bonds. The summed E-state index contributed by atoms with van der Waals surface area (Å²) in [4.78, 5) is 26.1. The van der Waals surface area contributed by atoms with Gasteiger partial charge in [0.2, 0.25) is 5.91 Å². The monoisotopic (exact) mass is 314 g/mol. The van der Waals surface area contributed by atoms with Gasteiger partial charge >= 0.3 is 0 Å². The Balaban J connectivity index is 2.03. The van der Waals surface area contributed by atoms with Crippen molar-refractivity contribution in [2.24, 2.45) is 5.73 Å². The number of benzene rings is 1. The molecule has 1 unspecified atom stereocenters. The van der Waals surface area contributed by atoms with Gasteiger partial charge in [-0.05, 0) is 43.5 Å². The van der Waals surface area contributed by atoms with Crippen LogP contribution < -0.4 is 11.1 Å². The second kappa shape index (κ2) is 8.30. The first kappa shape index (κ1) is 17.0. The number of nitrogens with zero attached hydrogens (tertiary/aromatic N) is 2. The van der Waals surface area contributed by atoms with Crippen molar-refractivity contribution in [3.05, 3.63) is 35.4 Å². The van der Waals surface area contributed by atoms with Gasteiger partial charge in [-0.2, -0.15) is 5.26 Å². The summed E-state index contributed by atoms with van der Waals surface area (Å²) in [6, 6.07) is 8.71. The Hall–Kier alpha value is -2.39. The first-order valence-electron chi connectivity index (χ1n) is 7.93. The van der Waals surface area contributed by atoms with E-state index in [0.29, 0.717) is 37.2 Å². The van der Waals surface area contributed by atoms with E-state index in [0.717, 1.165) is 19.3 Å². The summed E-state index contributed by atoms with van der Waals surface area (Å²) in [5, 5.41) is 11.7. The molecule has 0 aliphatic carbocycles. The highest BCUT2D eigenvalue weighted by molar-refractivity contribution is 5.94. The summed E-state index contributed by atoms with van der Waals surface area (Å²) in [6.07, 6.45) is 3.20. The highest BCUT2D eigenvalue weighted by Gasteiger charge is 2.27. The van der Waals surface area contributed by atoms with Crippen molar-refractivity contribution < 1.29 is 9.59 Å². The zero-order valence-corrected chi connectivity index (χ0v) is 13.1. The number of hydrogen-bond donors (Lipinski definition) is 2. The van der Waals surface area contributed by atoms with Gasteiger partial charge in [-0.15, -0.1) is 0 Å². The lowest BCUT2D eigenvalue weighted by atomic mass is 10.00. The van der Waals surface area contributed by atoms with Crippen molar-refractivity contribution in [1.82, 2.24) is 10.2 Å². The fourth-order valence-corrected chi connectivity index (χ4v) is 2.78. The van der Waals surface area contributed by atoms with Gasteiger partial charge < -0.3 is 16.0 Å². The van der Waals surface area contributed by atoms with E-state index >= 15 is 0 Å². The van der Waals surface area contributed by atoms with E-state index < -0.39 is 0 Å². The molecule has 1 aromatic carbocycles. The third kappa shape index (κ3) is 4.54. The van der Waals surface area contributed by atoms with Crippen molar-refractivity contribution in [2.45, 2.75) is 31.7 Å². The Morgan fingerprint density at radius 2 is 2.04 bits per heavy atom. The number of nitrogens with one attached hydrogen (secondary N) is 1. The van der Waals surface area contributed by atoms with E-state index in [-0.39, 0.29) is 17.9 Å². The zero-order chi connectivity index (χ0) is 16.7. The van der Waals surface area contributed by atoms with Gasteiger partial charge in [-0.25, -0.2) is 0 Å². The number of rotatable bonds is 5. The third-order valence-corrected chi connectivity index (χ3v) is 4.06. The molecule has 1 fully saturated rings. The summed E-state index contributed by atoms with van der Waals surface area (Å²) >= 11 is 0. The summed E-state index contributed by atoms with van der Waals surface area (Å²) in [6.45, 7) is 1.47. The Kier molecular flexibility index (Phi) is 6.12. The van der Waals surface area contributed by atoms with Gasteiger partial charge in [0.15, 0.2) is 0 Å². The van der Waals surface area contributed by atoms with E-state index in [1.165, 1.54) is 0 Å². The number of piperidine rings is 1. The molecule has 2 rings (SSSR count). The summed E-state index contributed by atoms with van der Waals surface area (Å²) in [5.41, 5.74) is 6.47. The van der Waals surface area contributed by atoms with Crippen LogP contribution in [0.5, 0.6) is 0 Å². The average molecular weight is 314 g/mol. The molecule has 1 aromatic rings. The molecule has 1 aliphatic rings. The molecule has 6 nitrogen and oxygen atoms in total. The van der Waals surface area contributed by atoms with Gasteiger partial charge in [0, 0.05) is 37.7 Å². The van der Waals surface area contributed by atoms with Crippen LogP contribution in [0.1, 0.15) is 41.6 Å². The summed E-state index contributed by atoms with van der Waals surface area (Å²) in [7, 11) is 0. The number of likely N-dealkylation sites (tertiary alicyclic amines) is 1. The van der Waals surface area contributed by atoms with Crippen molar-refractivity contribution in [3.8, 4) is 6.07 Å². The van der Waals surface area contributed by atoms with Crippen LogP contribution in [0, 0.1) is 11.3 Å². The smallest absolute Gasteiger partial charge is 0.254 e. The van der Waals surface area contributed by atoms with Crippen LogP contribution in [-0.2, 0) is 4.79 Å². The van der Waals surface area contributed by atoms with Crippen LogP contribution in [-0.4, -0.2) is 42.4 Å². The van der Waals surface area contributed by atoms with Crippen molar-refractivity contribution >= 4 is 11.8 Å². The highest BCUT2D eigenvalue weighted by Crippen LogP contribution is 2.19. The molecule has 0 aromatic heterocycles. The maximum Gasteiger partial charge on any atom is 0.254 e. The van der Waals surface area contributed by atoms with Crippen molar-refractivity contribution in [2.75, 3.05) is 19.6 Å². The Morgan fingerprint density at radius 3 is 2.70 bits per heavy atom. The lowest BCUT2D eigenvalue weighted by Crippen LogP contribution is -2.49. The zero-order valence-electron chi connectivity index (χ0n) is 13.1. The van der Waals surface area contributed by atoms with E-state index in [2.05, 4.69) is 5.32 Å². The molecule has 0 saturated carbocycles. The molecule has 3 N–H and O–H groups in total. The van der Waals surface area contributed by atoms with E-state index in [1.807, 2.05) is 11.0 Å². The molecule has 1 atom stereocenters. The summed E-state index contributed by atoms with van der Waals surface area (Å²) < 4.78 is 0. The highest BCUT2D eigenvalue weighted by atomic mass is 16.2. The maximum absolute atomic E-state index is 12.7. The minimum absolute atomic E-state index is 0.00798. The van der Waals surface area contributed by atoms with Crippen molar-refractivity contribution in [3.63, 3.8) is 0 Å². The standard InChI is InChI=1S/C17H22N4O2/c18-9-8-16(22)20-12-15-3-1-2-10-21(15)17(23)14-6-4-13(11-19)5-7-14/h4-7,15H,1-3,8-10,12,18H2,(H,20,22). The van der Waals surface area contributed by atoms with Crippen LogP contribution in [0.3, 0.4) is 0 Å². The van der Waals surface area contributed by atoms with Gasteiger partial charge in [0.25, 0.3) is 5.91 Å². The van der Waals surface area contributed by atoms with E-state index in [4.69, 9.17) is 11.0 Å². The second-order valence-electron chi connectivity index (χ2n) is 5.68. The Bertz CT molecular complexity index is 592. The lowest BCUT2D eigenvalue weighted by molar-refractivity contribution is -0.121. The maximum atomic E-state index is 12.7. The summed E-state index contributed by atoms with van der Waals surface area (Å²) in [5.74, 6) is -0.129. The largest absolute Gasteiger partial charge is 0.354 e. The first-order chi connectivity index (χ1) is 11.2. The van der Waals surface area contributed by atoms with Crippen LogP contribution in [0.15, 0.2) is 24.3 Å². The van der Waals surface area contributed by atoms with Gasteiger partial charge in [-0.3, -0.25) is 9.59 Å². The molecule has 1 heterocycles. The second-order valence-corrected chi connectivity index (χ2v) is 5.68. The number of carbonyl (C=O) groups is 2. The quantitative estimate of drug-likeness (QED) is 0.847. The molecular formula is C17H22N4O2. The number of amides is 2. The van der Waals surface area contributed by atoms with Crippen LogP contribution in [0.25, 0.3) is 0 Å². The topological polar surface area (TPSA) is 99.2 Å². The number of nitrogens with two attached hydrogens (primary N) is 1. The molecule has 0 spiro atoms. The Labute approximate surface area is 136 Å². The number of hydrogen-bond acceptors (Lipinski definition) is 4. The van der Waals surface area contributed by atoms with E-state index in [1.54, 1.807) is 24.3 Å². The Morgan fingerprint density at radius 1 is 1.30 bits per heavy atom. The van der Waals surface area contributed by atoms with Gasteiger partial charge in [-0.1, -0.05) is 0 Å². The fraction of sp³-hybridized carbons (Fsp3) is 0.471. The first-order valence-corrected chi connectivity index (χ1v) is 7.93. The molecule has 6 heteroatoms. The van der Waals surface area contributed by atoms with Crippen molar-refractivity contribution in [1.29, 1.82) is 5.26 Å². The molecule has 0 radical (unpaired) electrons. The normalized spacial score (nSPS) is 17.4. The van der Waals surface area contributed by atoms with Crippen LogP contribution >= 0.6 is 0 Å².